The number of anilines is 1. The molecule has 0 spiro atoms. The maximum Gasteiger partial charge on any atom is 0.251 e. The lowest BCUT2D eigenvalue weighted by molar-refractivity contribution is 0.0953. The van der Waals surface area contributed by atoms with E-state index in [2.05, 4.69) is 27.7 Å². The van der Waals surface area contributed by atoms with E-state index >= 15 is 0 Å². The Kier molecular flexibility index (Phi) is 7.27. The number of carbonyl (C=O) groups excluding carboxylic acids is 1. The molecule has 27 heavy (non-hydrogen) atoms. The summed E-state index contributed by atoms with van der Waals surface area (Å²) in [6.07, 6.45) is 4.53. The first-order chi connectivity index (χ1) is 13.3. The Hall–Kier alpha value is -2.82. The summed E-state index contributed by atoms with van der Waals surface area (Å²) in [6, 6.07) is 19.5. The quantitative estimate of drug-likeness (QED) is 0.466. The van der Waals surface area contributed by atoms with Gasteiger partial charge in [-0.25, -0.2) is 0 Å². The summed E-state index contributed by atoms with van der Waals surface area (Å²) in [5.41, 5.74) is 1.75. The van der Waals surface area contributed by atoms with Crippen molar-refractivity contribution in [3.05, 3.63) is 66.2 Å². The largest absolute Gasteiger partial charge is 0.352 e. The van der Waals surface area contributed by atoms with Crippen LogP contribution in [-0.2, 0) is 0 Å². The van der Waals surface area contributed by atoms with E-state index in [1.807, 2.05) is 48.5 Å². The number of nitrogens with zero attached hydrogens (tertiary/aromatic N) is 2. The predicted octanol–water partition coefficient (Wildman–Crippen LogP) is 3.76. The second-order valence-corrected chi connectivity index (χ2v) is 6.72. The Labute approximate surface area is 161 Å². The molecule has 1 amide bonds. The number of likely N-dealkylation sites (tertiary alicyclic amines) is 1. The third-order valence-electron chi connectivity index (χ3n) is 4.60. The van der Waals surface area contributed by atoms with Crippen LogP contribution in [0, 0.1) is 0 Å². The molecule has 0 atom stereocenters. The molecule has 0 aromatic heterocycles. The average Bonchev–Trinajstić information content (AvgIpc) is 2.74. The van der Waals surface area contributed by atoms with Gasteiger partial charge in [0.05, 0.1) is 0 Å². The molecular weight excluding hydrogens is 336 g/mol. The number of guanidine groups is 1. The van der Waals surface area contributed by atoms with E-state index in [-0.39, 0.29) is 5.91 Å². The molecule has 0 radical (unpaired) electrons. The van der Waals surface area contributed by atoms with Crippen LogP contribution in [0.1, 0.15) is 36.0 Å². The van der Waals surface area contributed by atoms with Crippen LogP contribution in [0.2, 0.25) is 0 Å². The van der Waals surface area contributed by atoms with Crippen molar-refractivity contribution in [2.24, 2.45) is 4.99 Å². The molecule has 1 fully saturated rings. The predicted molar refractivity (Wildman–Crippen MR) is 111 cm³/mol. The molecule has 1 saturated heterocycles. The molecule has 0 aliphatic carbocycles. The van der Waals surface area contributed by atoms with Crippen LogP contribution in [0.3, 0.4) is 0 Å². The monoisotopic (exact) mass is 364 g/mol. The van der Waals surface area contributed by atoms with E-state index < -0.39 is 0 Å². The Morgan fingerprint density at radius 2 is 1.59 bits per heavy atom. The zero-order valence-electron chi connectivity index (χ0n) is 15.7. The highest BCUT2D eigenvalue weighted by atomic mass is 16.1. The Bertz CT molecular complexity index is 724. The number of piperidine rings is 1. The topological polar surface area (TPSA) is 56.7 Å². The smallest absolute Gasteiger partial charge is 0.251 e. The van der Waals surface area contributed by atoms with Crippen molar-refractivity contribution >= 4 is 17.6 Å². The van der Waals surface area contributed by atoms with E-state index in [0.717, 1.165) is 31.2 Å². The number of aliphatic imine (C=N–C) groups is 1. The lowest BCUT2D eigenvalue weighted by Gasteiger charge is -2.30. The summed E-state index contributed by atoms with van der Waals surface area (Å²) in [5.74, 6) is 0.911. The maximum absolute atomic E-state index is 12.1. The fourth-order valence-corrected chi connectivity index (χ4v) is 3.13. The van der Waals surface area contributed by atoms with Crippen molar-refractivity contribution in [1.82, 2.24) is 10.2 Å². The third kappa shape index (κ3) is 6.13. The summed E-state index contributed by atoms with van der Waals surface area (Å²) in [4.78, 5) is 19.2. The molecule has 0 bridgehead atoms. The van der Waals surface area contributed by atoms with Gasteiger partial charge in [-0.2, -0.15) is 0 Å². The van der Waals surface area contributed by atoms with Gasteiger partial charge in [-0.05, 0) is 49.9 Å². The molecule has 5 nitrogen and oxygen atoms in total. The first-order valence-electron chi connectivity index (χ1n) is 9.77. The highest BCUT2D eigenvalue weighted by Crippen LogP contribution is 2.12. The van der Waals surface area contributed by atoms with Crippen LogP contribution < -0.4 is 10.6 Å². The second kappa shape index (κ2) is 10.4. The van der Waals surface area contributed by atoms with Crippen molar-refractivity contribution in [3.63, 3.8) is 0 Å². The van der Waals surface area contributed by atoms with Crippen molar-refractivity contribution < 1.29 is 4.79 Å². The summed E-state index contributed by atoms with van der Waals surface area (Å²) in [7, 11) is 0. The molecule has 1 heterocycles. The van der Waals surface area contributed by atoms with Crippen LogP contribution >= 0.6 is 0 Å². The van der Waals surface area contributed by atoms with Gasteiger partial charge in [-0.3, -0.25) is 9.79 Å². The van der Waals surface area contributed by atoms with Crippen LogP contribution in [0.4, 0.5) is 5.69 Å². The van der Waals surface area contributed by atoms with Gasteiger partial charge in [-0.1, -0.05) is 36.4 Å². The minimum atomic E-state index is -0.0294. The van der Waals surface area contributed by atoms with Crippen molar-refractivity contribution in [2.75, 3.05) is 31.5 Å². The SMILES string of the molecule is O=C(NCCCN=C(Nc1ccccc1)N1CCCCC1)c1ccccc1. The summed E-state index contributed by atoms with van der Waals surface area (Å²) in [5, 5.41) is 6.42. The standard InChI is InChI=1S/C22H28N4O/c27-21(19-11-4-1-5-12-19)23-15-10-16-24-22(26-17-8-3-9-18-26)25-20-13-6-2-7-14-20/h1-2,4-7,11-14H,3,8-10,15-18H2,(H,23,27)(H,24,25). The van der Waals surface area contributed by atoms with Crippen LogP contribution in [-0.4, -0.2) is 42.9 Å². The average molecular weight is 364 g/mol. The van der Waals surface area contributed by atoms with E-state index in [9.17, 15) is 4.79 Å². The number of hydrogen-bond acceptors (Lipinski definition) is 2. The normalized spacial score (nSPS) is 14.7. The molecule has 0 unspecified atom stereocenters. The zero-order chi connectivity index (χ0) is 18.7. The van der Waals surface area contributed by atoms with Crippen LogP contribution in [0.5, 0.6) is 0 Å². The lowest BCUT2D eigenvalue weighted by Crippen LogP contribution is -2.40. The minimum Gasteiger partial charge on any atom is -0.352 e. The van der Waals surface area contributed by atoms with E-state index in [1.54, 1.807) is 0 Å². The van der Waals surface area contributed by atoms with Gasteiger partial charge in [0.25, 0.3) is 5.91 Å². The number of rotatable bonds is 6. The lowest BCUT2D eigenvalue weighted by atomic mass is 10.1. The highest BCUT2D eigenvalue weighted by molar-refractivity contribution is 5.94. The van der Waals surface area contributed by atoms with E-state index in [4.69, 9.17) is 4.99 Å². The van der Waals surface area contributed by atoms with Gasteiger partial charge in [0, 0.05) is 37.4 Å². The van der Waals surface area contributed by atoms with Crippen LogP contribution in [0.15, 0.2) is 65.7 Å². The fourth-order valence-electron chi connectivity index (χ4n) is 3.13. The number of amides is 1. The fraction of sp³-hybridized carbons (Fsp3) is 0.364. The second-order valence-electron chi connectivity index (χ2n) is 6.72. The number of hydrogen-bond donors (Lipinski definition) is 2. The van der Waals surface area contributed by atoms with Crippen molar-refractivity contribution in [1.29, 1.82) is 0 Å². The Balaban J connectivity index is 1.51. The maximum atomic E-state index is 12.1. The Morgan fingerprint density at radius 1 is 0.926 bits per heavy atom. The zero-order valence-corrected chi connectivity index (χ0v) is 15.7. The molecular formula is C22H28N4O. The van der Waals surface area contributed by atoms with Crippen molar-refractivity contribution in [3.8, 4) is 0 Å². The number of carbonyl (C=O) groups is 1. The van der Waals surface area contributed by atoms with Crippen LogP contribution in [0.25, 0.3) is 0 Å². The summed E-state index contributed by atoms with van der Waals surface area (Å²) in [6.45, 7) is 3.39. The van der Waals surface area contributed by atoms with E-state index in [1.165, 1.54) is 19.3 Å². The molecule has 142 valence electrons. The van der Waals surface area contributed by atoms with Crippen molar-refractivity contribution in [2.45, 2.75) is 25.7 Å². The highest BCUT2D eigenvalue weighted by Gasteiger charge is 2.14. The third-order valence-corrected chi connectivity index (χ3v) is 4.60. The minimum absolute atomic E-state index is 0.0294. The number of benzene rings is 2. The molecule has 1 aliphatic heterocycles. The molecule has 2 aromatic rings. The Morgan fingerprint density at radius 3 is 2.30 bits per heavy atom. The first-order valence-corrected chi connectivity index (χ1v) is 9.77. The van der Waals surface area contributed by atoms with Gasteiger partial charge in [0.15, 0.2) is 5.96 Å². The molecule has 2 aromatic carbocycles. The molecule has 0 saturated carbocycles. The van der Waals surface area contributed by atoms with Gasteiger partial charge < -0.3 is 15.5 Å². The summed E-state index contributed by atoms with van der Waals surface area (Å²) >= 11 is 0. The molecule has 3 rings (SSSR count). The molecule has 2 N–H and O–H groups in total. The van der Waals surface area contributed by atoms with Gasteiger partial charge in [-0.15, -0.1) is 0 Å². The molecule has 1 aliphatic rings. The number of para-hydroxylation sites is 1. The molecule has 5 heteroatoms. The van der Waals surface area contributed by atoms with E-state index in [0.29, 0.717) is 18.7 Å². The number of nitrogens with one attached hydrogen (secondary N) is 2. The van der Waals surface area contributed by atoms with Gasteiger partial charge in [0.1, 0.15) is 0 Å². The summed E-state index contributed by atoms with van der Waals surface area (Å²) < 4.78 is 0. The first kappa shape index (κ1) is 19.0. The van der Waals surface area contributed by atoms with Gasteiger partial charge >= 0.3 is 0 Å². The van der Waals surface area contributed by atoms with Gasteiger partial charge in [0.2, 0.25) is 0 Å².